The molecule has 1 aliphatic rings. The summed E-state index contributed by atoms with van der Waals surface area (Å²) in [6, 6.07) is 0. The SMILES string of the molecule is CC/C=C\C/C=C\C/C=C\C/C=C\C/C=C\C/C=C\C/C=C\CCCCCC(=O)OC(COCCCCCCCCC)COC1OC(CO)C(O)C(O)C1O. The molecule has 0 bridgehead atoms. The van der Waals surface area contributed by atoms with Gasteiger partial charge in [-0.1, -0.05) is 144 Å². The lowest BCUT2D eigenvalue weighted by molar-refractivity contribution is -0.305. The molecule has 1 aliphatic heterocycles. The lowest BCUT2D eigenvalue weighted by Crippen LogP contribution is -2.59. The minimum Gasteiger partial charge on any atom is -0.457 e. The monoisotopic (exact) mass is 773 g/mol. The summed E-state index contributed by atoms with van der Waals surface area (Å²) < 4.78 is 22.6. The average molecular weight is 773 g/mol. The minimum atomic E-state index is -1.54. The van der Waals surface area contributed by atoms with Crippen molar-refractivity contribution in [3.8, 4) is 0 Å². The normalized spacial score (nSPS) is 21.6. The van der Waals surface area contributed by atoms with Gasteiger partial charge in [-0.15, -0.1) is 0 Å². The molecule has 0 saturated carbocycles. The first-order valence-corrected chi connectivity index (χ1v) is 21.2. The summed E-state index contributed by atoms with van der Waals surface area (Å²) in [6.07, 6.45) is 42.0. The van der Waals surface area contributed by atoms with E-state index in [4.69, 9.17) is 18.9 Å². The van der Waals surface area contributed by atoms with E-state index in [0.29, 0.717) is 13.0 Å². The fourth-order valence-corrected chi connectivity index (χ4v) is 5.76. The van der Waals surface area contributed by atoms with E-state index in [1.807, 2.05) is 0 Å². The van der Waals surface area contributed by atoms with Crippen molar-refractivity contribution in [2.45, 2.75) is 173 Å². The molecule has 9 nitrogen and oxygen atoms in total. The molecular weight excluding hydrogens is 696 g/mol. The third kappa shape index (κ3) is 28.4. The molecular formula is C46H76O9. The van der Waals surface area contributed by atoms with Gasteiger partial charge in [-0.05, 0) is 70.6 Å². The van der Waals surface area contributed by atoms with Crippen LogP contribution < -0.4 is 0 Å². The van der Waals surface area contributed by atoms with Gasteiger partial charge in [-0.2, -0.15) is 0 Å². The molecule has 0 aromatic heterocycles. The molecule has 0 aromatic carbocycles. The van der Waals surface area contributed by atoms with Crippen LogP contribution in [-0.4, -0.2) is 89.6 Å². The van der Waals surface area contributed by atoms with Crippen molar-refractivity contribution in [2.24, 2.45) is 0 Å². The Kier molecular flexibility index (Phi) is 33.9. The Bertz CT molecular complexity index is 1110. The van der Waals surface area contributed by atoms with E-state index >= 15 is 0 Å². The summed E-state index contributed by atoms with van der Waals surface area (Å²) in [5.74, 6) is -0.352. The van der Waals surface area contributed by atoms with Crippen molar-refractivity contribution in [3.05, 3.63) is 85.1 Å². The number of hydrogen-bond acceptors (Lipinski definition) is 9. The van der Waals surface area contributed by atoms with Crippen molar-refractivity contribution >= 4 is 5.97 Å². The van der Waals surface area contributed by atoms with E-state index < -0.39 is 43.4 Å². The Morgan fingerprint density at radius 3 is 1.65 bits per heavy atom. The van der Waals surface area contributed by atoms with E-state index in [1.165, 1.54) is 32.1 Å². The molecule has 6 atom stereocenters. The number of rotatable bonds is 34. The molecule has 0 spiro atoms. The Balaban J connectivity index is 2.25. The zero-order valence-corrected chi connectivity index (χ0v) is 34.1. The molecule has 9 heteroatoms. The molecule has 6 unspecified atom stereocenters. The van der Waals surface area contributed by atoms with Gasteiger partial charge in [0.15, 0.2) is 6.29 Å². The van der Waals surface area contributed by atoms with Crippen LogP contribution in [0.1, 0.15) is 136 Å². The molecule has 1 fully saturated rings. The molecule has 1 heterocycles. The number of hydrogen-bond donors (Lipinski definition) is 4. The van der Waals surface area contributed by atoms with Crippen LogP contribution in [0.3, 0.4) is 0 Å². The summed E-state index contributed by atoms with van der Waals surface area (Å²) in [4.78, 5) is 12.7. The van der Waals surface area contributed by atoms with Gasteiger partial charge in [0.2, 0.25) is 0 Å². The van der Waals surface area contributed by atoms with E-state index in [1.54, 1.807) is 0 Å². The summed E-state index contributed by atoms with van der Waals surface area (Å²) in [7, 11) is 0. The van der Waals surface area contributed by atoms with Gasteiger partial charge >= 0.3 is 5.97 Å². The second kappa shape index (κ2) is 37.0. The third-order valence-corrected chi connectivity index (χ3v) is 9.08. The van der Waals surface area contributed by atoms with E-state index in [0.717, 1.165) is 77.0 Å². The van der Waals surface area contributed by atoms with Crippen LogP contribution in [0.15, 0.2) is 85.1 Å². The largest absolute Gasteiger partial charge is 0.457 e. The topological polar surface area (TPSA) is 135 Å². The molecule has 0 aromatic rings. The maximum absolute atomic E-state index is 12.7. The zero-order valence-electron chi connectivity index (χ0n) is 34.1. The first-order chi connectivity index (χ1) is 26.9. The second-order valence-corrected chi connectivity index (χ2v) is 14.1. The molecule has 55 heavy (non-hydrogen) atoms. The Morgan fingerprint density at radius 2 is 1.11 bits per heavy atom. The lowest BCUT2D eigenvalue weighted by Gasteiger charge is -2.39. The lowest BCUT2D eigenvalue weighted by atomic mass is 9.99. The van der Waals surface area contributed by atoms with Crippen molar-refractivity contribution in [1.29, 1.82) is 0 Å². The minimum absolute atomic E-state index is 0.126. The van der Waals surface area contributed by atoms with Crippen LogP contribution in [0, 0.1) is 0 Å². The first-order valence-electron chi connectivity index (χ1n) is 21.2. The van der Waals surface area contributed by atoms with Crippen LogP contribution in [-0.2, 0) is 23.7 Å². The Hall–Kier alpha value is -2.63. The molecule has 4 N–H and O–H groups in total. The second-order valence-electron chi connectivity index (χ2n) is 14.1. The number of carbonyl (C=O) groups is 1. The van der Waals surface area contributed by atoms with Gasteiger partial charge in [0.1, 0.15) is 30.5 Å². The van der Waals surface area contributed by atoms with Crippen LogP contribution in [0.25, 0.3) is 0 Å². The summed E-state index contributed by atoms with van der Waals surface area (Å²) in [5, 5.41) is 39.9. The number of allylic oxidation sites excluding steroid dienone is 14. The molecule has 0 aliphatic carbocycles. The standard InChI is InChI=1S/C46H76O9/c1-3-5-7-9-11-12-13-14-15-16-17-18-19-20-21-22-23-24-25-26-27-28-29-31-33-35-42(48)54-40(38-52-36-34-32-30-10-8-6-4-2)39-53-46-45(51)44(50)43(49)41(37-47)55-46/h5,7,11-12,14-15,17-18,20-21,23-24,26-27,40-41,43-47,49-51H,3-4,6,8-10,13,16,19,22,25,28-39H2,1-2H3/b7-5-,12-11-,15-14-,18-17-,21-20-,24-23-,27-26-. The third-order valence-electron chi connectivity index (χ3n) is 9.08. The van der Waals surface area contributed by atoms with E-state index in [2.05, 4.69) is 98.9 Å². The molecule has 1 saturated heterocycles. The quantitative estimate of drug-likeness (QED) is 0.0287. The number of aliphatic hydroxyl groups excluding tert-OH is 4. The zero-order chi connectivity index (χ0) is 40.0. The highest BCUT2D eigenvalue weighted by Gasteiger charge is 2.44. The number of aliphatic hydroxyl groups is 4. The highest BCUT2D eigenvalue weighted by Crippen LogP contribution is 2.22. The molecule has 0 amide bonds. The maximum atomic E-state index is 12.7. The summed E-state index contributed by atoms with van der Waals surface area (Å²) in [5.41, 5.74) is 0. The fourth-order valence-electron chi connectivity index (χ4n) is 5.76. The predicted octanol–water partition coefficient (Wildman–Crippen LogP) is 9.08. The fraction of sp³-hybridized carbons (Fsp3) is 0.674. The van der Waals surface area contributed by atoms with Crippen LogP contribution >= 0.6 is 0 Å². The van der Waals surface area contributed by atoms with Gasteiger partial charge in [0.25, 0.3) is 0 Å². The highest BCUT2D eigenvalue weighted by atomic mass is 16.7. The van der Waals surface area contributed by atoms with Crippen LogP contribution in [0.5, 0.6) is 0 Å². The predicted molar refractivity (Wildman–Crippen MR) is 223 cm³/mol. The van der Waals surface area contributed by atoms with Crippen molar-refractivity contribution in [1.82, 2.24) is 0 Å². The molecule has 0 radical (unpaired) electrons. The smallest absolute Gasteiger partial charge is 0.306 e. The van der Waals surface area contributed by atoms with E-state index in [-0.39, 0.29) is 25.6 Å². The summed E-state index contributed by atoms with van der Waals surface area (Å²) >= 11 is 0. The van der Waals surface area contributed by atoms with Crippen LogP contribution in [0.4, 0.5) is 0 Å². The van der Waals surface area contributed by atoms with Gasteiger partial charge in [0.05, 0.1) is 19.8 Å². The van der Waals surface area contributed by atoms with E-state index in [9.17, 15) is 25.2 Å². The van der Waals surface area contributed by atoms with Gasteiger partial charge in [-0.3, -0.25) is 4.79 Å². The maximum Gasteiger partial charge on any atom is 0.306 e. The summed E-state index contributed by atoms with van der Waals surface area (Å²) in [6.45, 7) is 4.33. The average Bonchev–Trinajstić information content (AvgIpc) is 3.18. The highest BCUT2D eigenvalue weighted by molar-refractivity contribution is 5.69. The van der Waals surface area contributed by atoms with Gasteiger partial charge in [-0.25, -0.2) is 0 Å². The number of unbranched alkanes of at least 4 members (excludes halogenated alkanes) is 9. The van der Waals surface area contributed by atoms with Crippen molar-refractivity contribution in [2.75, 3.05) is 26.4 Å². The Labute approximate surface area is 333 Å². The van der Waals surface area contributed by atoms with Crippen molar-refractivity contribution in [3.63, 3.8) is 0 Å². The number of esters is 1. The number of ether oxygens (including phenoxy) is 4. The van der Waals surface area contributed by atoms with Gasteiger partial charge in [0, 0.05) is 13.0 Å². The van der Waals surface area contributed by atoms with Gasteiger partial charge < -0.3 is 39.4 Å². The van der Waals surface area contributed by atoms with Crippen molar-refractivity contribution < 1.29 is 44.2 Å². The molecule has 314 valence electrons. The first kappa shape index (κ1) is 50.4. The number of carbonyl (C=O) groups excluding carboxylic acids is 1. The van der Waals surface area contributed by atoms with Crippen LogP contribution in [0.2, 0.25) is 0 Å². The Morgan fingerprint density at radius 1 is 0.600 bits per heavy atom. The molecule has 1 rings (SSSR count).